The molecule has 4 nitrogen and oxygen atoms in total. The molecule has 0 amide bonds. The van der Waals surface area contributed by atoms with Gasteiger partial charge in [-0.1, -0.05) is 23.7 Å². The molecule has 0 aliphatic carbocycles. The van der Waals surface area contributed by atoms with Gasteiger partial charge in [-0.3, -0.25) is 0 Å². The number of rotatable bonds is 3. The number of sulfonamides is 1. The third-order valence-corrected chi connectivity index (χ3v) is 5.57. The topological polar surface area (TPSA) is 63.4 Å². The second kappa shape index (κ2) is 4.94. The van der Waals surface area contributed by atoms with Gasteiger partial charge in [0.15, 0.2) is 0 Å². The standard InChI is InChI=1S/C11H15ClN2O2S/c12-10-3-1-9(2-4-10)8-14-6-5-11(7-13)17(14,15)16/h1-4,11H,5-8,13H2/t11-/m0/s1. The van der Waals surface area contributed by atoms with Crippen molar-refractivity contribution in [3.05, 3.63) is 34.9 Å². The number of halogens is 1. The lowest BCUT2D eigenvalue weighted by atomic mass is 10.2. The van der Waals surface area contributed by atoms with Crippen LogP contribution in [-0.4, -0.2) is 31.1 Å². The Morgan fingerprint density at radius 2 is 2.00 bits per heavy atom. The van der Waals surface area contributed by atoms with Gasteiger partial charge in [0.25, 0.3) is 0 Å². The summed E-state index contributed by atoms with van der Waals surface area (Å²) in [5, 5.41) is 0.229. The molecule has 6 heteroatoms. The fourth-order valence-corrected chi connectivity index (χ4v) is 3.86. The molecule has 1 heterocycles. The summed E-state index contributed by atoms with van der Waals surface area (Å²) in [5.41, 5.74) is 6.40. The van der Waals surface area contributed by atoms with E-state index in [0.29, 0.717) is 24.5 Å². The highest BCUT2D eigenvalue weighted by molar-refractivity contribution is 7.90. The van der Waals surface area contributed by atoms with Crippen LogP contribution < -0.4 is 5.73 Å². The zero-order chi connectivity index (χ0) is 12.5. The molecule has 0 unspecified atom stereocenters. The summed E-state index contributed by atoms with van der Waals surface area (Å²) < 4.78 is 25.5. The number of nitrogens with two attached hydrogens (primary N) is 1. The molecule has 17 heavy (non-hydrogen) atoms. The third kappa shape index (κ3) is 2.63. The first kappa shape index (κ1) is 12.8. The quantitative estimate of drug-likeness (QED) is 0.901. The van der Waals surface area contributed by atoms with Gasteiger partial charge in [0, 0.05) is 24.7 Å². The lowest BCUT2D eigenvalue weighted by Crippen LogP contribution is -2.32. The van der Waals surface area contributed by atoms with E-state index in [2.05, 4.69) is 0 Å². The van der Waals surface area contributed by atoms with Crippen LogP contribution in [0.15, 0.2) is 24.3 Å². The van der Waals surface area contributed by atoms with E-state index in [9.17, 15) is 8.42 Å². The zero-order valence-electron chi connectivity index (χ0n) is 9.34. The van der Waals surface area contributed by atoms with E-state index in [4.69, 9.17) is 17.3 Å². The lowest BCUT2D eigenvalue weighted by molar-refractivity contribution is 0.440. The zero-order valence-corrected chi connectivity index (χ0v) is 10.9. The number of hydrogen-bond acceptors (Lipinski definition) is 3. The molecule has 1 aromatic carbocycles. The van der Waals surface area contributed by atoms with Gasteiger partial charge < -0.3 is 5.73 Å². The van der Waals surface area contributed by atoms with Crippen LogP contribution in [0.5, 0.6) is 0 Å². The summed E-state index contributed by atoms with van der Waals surface area (Å²) in [5.74, 6) is 0. The highest BCUT2D eigenvalue weighted by Crippen LogP contribution is 2.23. The lowest BCUT2D eigenvalue weighted by Gasteiger charge is -2.16. The van der Waals surface area contributed by atoms with Crippen molar-refractivity contribution in [3.63, 3.8) is 0 Å². The van der Waals surface area contributed by atoms with Crippen molar-refractivity contribution in [3.8, 4) is 0 Å². The SMILES string of the molecule is NC[C@@H]1CCN(Cc2ccc(Cl)cc2)S1(=O)=O. The molecule has 2 N–H and O–H groups in total. The molecule has 1 aliphatic heterocycles. The van der Waals surface area contributed by atoms with Crippen LogP contribution in [0.3, 0.4) is 0 Å². The van der Waals surface area contributed by atoms with Crippen LogP contribution in [0.4, 0.5) is 0 Å². The van der Waals surface area contributed by atoms with Crippen molar-refractivity contribution in [1.29, 1.82) is 0 Å². The summed E-state index contributed by atoms with van der Waals surface area (Å²) >= 11 is 5.78. The van der Waals surface area contributed by atoms with Crippen molar-refractivity contribution < 1.29 is 8.42 Å². The Kier molecular flexibility index (Phi) is 3.73. The van der Waals surface area contributed by atoms with Crippen LogP contribution in [-0.2, 0) is 16.6 Å². The molecule has 0 saturated carbocycles. The fraction of sp³-hybridized carbons (Fsp3) is 0.455. The van der Waals surface area contributed by atoms with Crippen molar-refractivity contribution in [2.45, 2.75) is 18.2 Å². The minimum absolute atomic E-state index is 0.194. The van der Waals surface area contributed by atoms with Crippen molar-refractivity contribution >= 4 is 21.6 Å². The van der Waals surface area contributed by atoms with Crippen LogP contribution in [0.25, 0.3) is 0 Å². The Morgan fingerprint density at radius 3 is 2.53 bits per heavy atom. The molecule has 2 rings (SSSR count). The van der Waals surface area contributed by atoms with Gasteiger partial charge in [-0.2, -0.15) is 4.31 Å². The number of benzene rings is 1. The van der Waals surface area contributed by atoms with Crippen LogP contribution in [0.2, 0.25) is 5.02 Å². The first-order valence-electron chi connectivity index (χ1n) is 5.47. The van der Waals surface area contributed by atoms with Crippen molar-refractivity contribution in [2.24, 2.45) is 5.73 Å². The van der Waals surface area contributed by atoms with E-state index >= 15 is 0 Å². The van der Waals surface area contributed by atoms with Gasteiger partial charge in [0.05, 0.1) is 5.25 Å². The van der Waals surface area contributed by atoms with Gasteiger partial charge in [-0.15, -0.1) is 0 Å². The smallest absolute Gasteiger partial charge is 0.218 e. The monoisotopic (exact) mass is 274 g/mol. The molecule has 1 atom stereocenters. The van der Waals surface area contributed by atoms with E-state index in [1.807, 2.05) is 12.1 Å². The summed E-state index contributed by atoms with van der Waals surface area (Å²) in [6.07, 6.45) is 0.617. The molecule has 0 aromatic heterocycles. The van der Waals surface area contributed by atoms with Gasteiger partial charge in [-0.05, 0) is 24.1 Å². The van der Waals surface area contributed by atoms with Crippen molar-refractivity contribution in [1.82, 2.24) is 4.31 Å². The Hall–Kier alpha value is -0.620. The second-order valence-electron chi connectivity index (χ2n) is 4.15. The first-order chi connectivity index (χ1) is 8.04. The molecule has 94 valence electrons. The second-order valence-corrected chi connectivity index (χ2v) is 6.80. The summed E-state index contributed by atoms with van der Waals surface area (Å²) in [6, 6.07) is 7.21. The first-order valence-corrected chi connectivity index (χ1v) is 7.35. The largest absolute Gasteiger partial charge is 0.329 e. The molecule has 1 aromatic rings. The maximum absolute atomic E-state index is 12.0. The van der Waals surface area contributed by atoms with Gasteiger partial charge in [-0.25, -0.2) is 8.42 Å². The summed E-state index contributed by atoms with van der Waals surface area (Å²) in [6.45, 7) is 1.14. The molecule has 0 spiro atoms. The fourth-order valence-electron chi connectivity index (χ4n) is 1.98. The van der Waals surface area contributed by atoms with Gasteiger partial charge in [0.1, 0.15) is 0 Å². The molecule has 1 saturated heterocycles. The van der Waals surface area contributed by atoms with E-state index in [-0.39, 0.29) is 6.54 Å². The molecule has 0 bridgehead atoms. The predicted octanol–water partition coefficient (Wildman–Crippen LogP) is 1.20. The minimum atomic E-state index is -3.21. The predicted molar refractivity (Wildman–Crippen MR) is 68.2 cm³/mol. The molecular weight excluding hydrogens is 260 g/mol. The number of nitrogens with zero attached hydrogens (tertiary/aromatic N) is 1. The highest BCUT2D eigenvalue weighted by atomic mass is 35.5. The average molecular weight is 275 g/mol. The average Bonchev–Trinajstić information content (AvgIpc) is 2.57. The Labute approximate surface area is 106 Å². The normalized spacial score (nSPS) is 24.0. The van der Waals surface area contributed by atoms with Gasteiger partial charge >= 0.3 is 0 Å². The maximum Gasteiger partial charge on any atom is 0.218 e. The van der Waals surface area contributed by atoms with Crippen LogP contribution in [0.1, 0.15) is 12.0 Å². The molecule has 1 fully saturated rings. The van der Waals surface area contributed by atoms with Crippen molar-refractivity contribution in [2.75, 3.05) is 13.1 Å². The van der Waals surface area contributed by atoms with Crippen LogP contribution in [0, 0.1) is 0 Å². The molecule has 1 aliphatic rings. The Balaban J connectivity index is 2.13. The maximum atomic E-state index is 12.0. The van der Waals surface area contributed by atoms with Gasteiger partial charge in [0.2, 0.25) is 10.0 Å². The molecule has 0 radical (unpaired) electrons. The number of hydrogen-bond donors (Lipinski definition) is 1. The van der Waals surface area contributed by atoms with E-state index in [1.165, 1.54) is 4.31 Å². The summed E-state index contributed by atoms with van der Waals surface area (Å²) in [4.78, 5) is 0. The van der Waals surface area contributed by atoms with E-state index in [0.717, 1.165) is 5.56 Å². The Bertz CT molecular complexity index is 487. The van der Waals surface area contributed by atoms with E-state index < -0.39 is 15.3 Å². The summed E-state index contributed by atoms with van der Waals surface area (Å²) in [7, 11) is -3.21. The minimum Gasteiger partial charge on any atom is -0.329 e. The Morgan fingerprint density at radius 1 is 1.35 bits per heavy atom. The molecular formula is C11H15ClN2O2S. The highest BCUT2D eigenvalue weighted by Gasteiger charge is 2.37. The van der Waals surface area contributed by atoms with E-state index in [1.54, 1.807) is 12.1 Å². The van der Waals surface area contributed by atoms with Crippen LogP contribution >= 0.6 is 11.6 Å². The third-order valence-electron chi connectivity index (χ3n) is 3.02.